The Kier molecular flexibility index (Phi) is 5.09. The molecule has 0 bridgehead atoms. The molecule has 156 valence electrons. The molecule has 5 rings (SSSR count). The highest BCUT2D eigenvalue weighted by molar-refractivity contribution is 5.98. The highest BCUT2D eigenvalue weighted by Crippen LogP contribution is 2.32. The first-order valence-electron chi connectivity index (χ1n) is 10.1. The molecular formula is C26H19N3O3. The standard InChI is InChI=1S/C26H19N3O3/c30-20-8-4-7-18(13-20)21-10-9-19(23-16-27-12-11-22(21)23)15-28-26(31)25-14-24(29-32-25)17-5-2-1-3-6-17/h1-14,16,30H,15H2,(H,28,31). The van der Waals surface area contributed by atoms with Crippen LogP contribution in [0.2, 0.25) is 0 Å². The molecule has 0 fully saturated rings. The molecule has 5 aromatic rings. The number of rotatable bonds is 5. The molecule has 32 heavy (non-hydrogen) atoms. The number of aromatic nitrogens is 2. The maximum absolute atomic E-state index is 12.6. The number of phenolic OH excluding ortho intramolecular Hbond substituents is 1. The van der Waals surface area contributed by atoms with E-state index in [4.69, 9.17) is 4.52 Å². The van der Waals surface area contributed by atoms with Crippen molar-refractivity contribution in [1.82, 2.24) is 15.5 Å². The van der Waals surface area contributed by atoms with Crippen molar-refractivity contribution in [2.24, 2.45) is 0 Å². The number of aromatic hydroxyl groups is 1. The fraction of sp³-hybridized carbons (Fsp3) is 0.0385. The van der Waals surface area contributed by atoms with E-state index >= 15 is 0 Å². The number of phenols is 1. The van der Waals surface area contributed by atoms with E-state index < -0.39 is 0 Å². The van der Waals surface area contributed by atoms with Gasteiger partial charge in [-0.25, -0.2) is 0 Å². The molecule has 0 saturated heterocycles. The third kappa shape index (κ3) is 3.81. The van der Waals surface area contributed by atoms with Crippen LogP contribution in [-0.4, -0.2) is 21.2 Å². The Morgan fingerprint density at radius 3 is 2.59 bits per heavy atom. The van der Waals surface area contributed by atoms with Crippen molar-refractivity contribution in [2.75, 3.05) is 0 Å². The number of carbonyl (C=O) groups excluding carboxylic acids is 1. The zero-order valence-electron chi connectivity index (χ0n) is 17.0. The molecular weight excluding hydrogens is 402 g/mol. The van der Waals surface area contributed by atoms with Crippen LogP contribution in [-0.2, 0) is 6.54 Å². The molecule has 1 amide bonds. The number of hydrogen-bond donors (Lipinski definition) is 2. The number of amides is 1. The molecule has 0 radical (unpaired) electrons. The van der Waals surface area contributed by atoms with Gasteiger partial charge in [0.15, 0.2) is 0 Å². The van der Waals surface area contributed by atoms with Crippen molar-refractivity contribution in [3.63, 3.8) is 0 Å². The SMILES string of the molecule is O=C(NCc1ccc(-c2cccc(O)c2)c2ccncc12)c1cc(-c2ccccc2)no1. The number of nitrogens with zero attached hydrogens (tertiary/aromatic N) is 2. The Balaban J connectivity index is 1.39. The Morgan fingerprint density at radius 2 is 1.75 bits per heavy atom. The third-order valence-corrected chi connectivity index (χ3v) is 5.31. The summed E-state index contributed by atoms with van der Waals surface area (Å²) in [7, 11) is 0. The Bertz CT molecular complexity index is 1410. The summed E-state index contributed by atoms with van der Waals surface area (Å²) in [5.74, 6) is 0.0272. The lowest BCUT2D eigenvalue weighted by atomic mass is 9.96. The second-order valence-corrected chi connectivity index (χ2v) is 7.37. The summed E-state index contributed by atoms with van der Waals surface area (Å²) in [4.78, 5) is 16.9. The summed E-state index contributed by atoms with van der Waals surface area (Å²) in [6, 6.07) is 24.2. The van der Waals surface area contributed by atoms with Crippen LogP contribution in [0, 0.1) is 0 Å². The molecule has 2 aromatic heterocycles. The highest BCUT2D eigenvalue weighted by Gasteiger charge is 2.15. The molecule has 2 N–H and O–H groups in total. The summed E-state index contributed by atoms with van der Waals surface area (Å²) >= 11 is 0. The van der Waals surface area contributed by atoms with E-state index in [1.54, 1.807) is 30.6 Å². The predicted molar refractivity (Wildman–Crippen MR) is 122 cm³/mol. The van der Waals surface area contributed by atoms with E-state index in [1.807, 2.05) is 60.7 Å². The van der Waals surface area contributed by atoms with Crippen LogP contribution in [0.15, 0.2) is 95.8 Å². The van der Waals surface area contributed by atoms with Gasteiger partial charge < -0.3 is 14.9 Å². The van der Waals surface area contributed by atoms with Crippen LogP contribution in [0.1, 0.15) is 16.1 Å². The van der Waals surface area contributed by atoms with E-state index in [1.165, 1.54) is 0 Å². The van der Waals surface area contributed by atoms with E-state index in [2.05, 4.69) is 15.5 Å². The van der Waals surface area contributed by atoms with Gasteiger partial charge in [0.25, 0.3) is 5.91 Å². The molecule has 2 heterocycles. The number of fused-ring (bicyclic) bond motifs is 1. The number of nitrogens with one attached hydrogen (secondary N) is 1. The number of pyridine rings is 1. The van der Waals surface area contributed by atoms with E-state index in [-0.39, 0.29) is 17.4 Å². The monoisotopic (exact) mass is 421 g/mol. The molecule has 3 aromatic carbocycles. The molecule has 0 aliphatic heterocycles. The normalized spacial score (nSPS) is 10.9. The van der Waals surface area contributed by atoms with Crippen molar-refractivity contribution in [1.29, 1.82) is 0 Å². The maximum Gasteiger partial charge on any atom is 0.290 e. The van der Waals surface area contributed by atoms with Gasteiger partial charge in [0.05, 0.1) is 0 Å². The van der Waals surface area contributed by atoms with Gasteiger partial charge in [-0.1, -0.05) is 59.8 Å². The van der Waals surface area contributed by atoms with Gasteiger partial charge >= 0.3 is 0 Å². The van der Waals surface area contributed by atoms with Gasteiger partial charge in [0.2, 0.25) is 5.76 Å². The first-order valence-corrected chi connectivity index (χ1v) is 10.1. The minimum atomic E-state index is -0.339. The first kappa shape index (κ1) is 19.5. The summed E-state index contributed by atoms with van der Waals surface area (Å²) in [5, 5.41) is 18.7. The molecule has 0 unspecified atom stereocenters. The number of benzene rings is 3. The minimum Gasteiger partial charge on any atom is -0.508 e. The lowest BCUT2D eigenvalue weighted by Crippen LogP contribution is -2.22. The molecule has 0 atom stereocenters. The Morgan fingerprint density at radius 1 is 0.906 bits per heavy atom. The summed E-state index contributed by atoms with van der Waals surface area (Å²) < 4.78 is 5.25. The fourth-order valence-electron chi connectivity index (χ4n) is 3.72. The van der Waals surface area contributed by atoms with Gasteiger partial charge in [-0.15, -0.1) is 0 Å². The third-order valence-electron chi connectivity index (χ3n) is 5.31. The summed E-state index contributed by atoms with van der Waals surface area (Å²) in [6.07, 6.45) is 3.52. The predicted octanol–water partition coefficient (Wildman–Crippen LogP) is 5.19. The zero-order valence-corrected chi connectivity index (χ0v) is 17.0. The van der Waals surface area contributed by atoms with Crippen LogP contribution in [0.3, 0.4) is 0 Å². The molecule has 0 saturated carbocycles. The fourth-order valence-corrected chi connectivity index (χ4v) is 3.72. The van der Waals surface area contributed by atoms with Crippen molar-refractivity contribution >= 4 is 16.7 Å². The van der Waals surface area contributed by atoms with Gasteiger partial charge in [0.1, 0.15) is 11.4 Å². The van der Waals surface area contributed by atoms with Crippen LogP contribution < -0.4 is 5.32 Å². The average Bonchev–Trinajstić information content (AvgIpc) is 3.33. The summed E-state index contributed by atoms with van der Waals surface area (Å²) in [6.45, 7) is 0.308. The van der Waals surface area contributed by atoms with Crippen LogP contribution in [0.25, 0.3) is 33.2 Å². The van der Waals surface area contributed by atoms with Gasteiger partial charge in [0, 0.05) is 36.0 Å². The molecule has 0 aliphatic carbocycles. The van der Waals surface area contributed by atoms with Crippen LogP contribution >= 0.6 is 0 Å². The molecule has 6 heteroatoms. The maximum atomic E-state index is 12.6. The molecule has 6 nitrogen and oxygen atoms in total. The minimum absolute atomic E-state index is 0.155. The largest absolute Gasteiger partial charge is 0.508 e. The van der Waals surface area contributed by atoms with Gasteiger partial charge in [-0.05, 0) is 40.3 Å². The lowest BCUT2D eigenvalue weighted by Gasteiger charge is -2.12. The number of carbonyl (C=O) groups is 1. The van der Waals surface area contributed by atoms with Gasteiger partial charge in [-0.3, -0.25) is 9.78 Å². The quantitative estimate of drug-likeness (QED) is 0.408. The second-order valence-electron chi connectivity index (χ2n) is 7.37. The molecule has 0 aliphatic rings. The second kappa shape index (κ2) is 8.35. The van der Waals surface area contributed by atoms with Crippen molar-refractivity contribution in [2.45, 2.75) is 6.54 Å². The number of hydrogen-bond acceptors (Lipinski definition) is 5. The smallest absolute Gasteiger partial charge is 0.290 e. The Labute approximate surface area is 184 Å². The van der Waals surface area contributed by atoms with Crippen molar-refractivity contribution in [3.05, 3.63) is 103 Å². The summed E-state index contributed by atoms with van der Waals surface area (Å²) in [5.41, 5.74) is 4.31. The highest BCUT2D eigenvalue weighted by atomic mass is 16.5. The first-order chi connectivity index (χ1) is 15.7. The molecule has 0 spiro atoms. The van der Waals surface area contributed by atoms with Crippen molar-refractivity contribution < 1.29 is 14.4 Å². The van der Waals surface area contributed by atoms with Gasteiger partial charge in [-0.2, -0.15) is 0 Å². The van der Waals surface area contributed by atoms with Crippen LogP contribution in [0.4, 0.5) is 0 Å². The van der Waals surface area contributed by atoms with E-state index in [9.17, 15) is 9.90 Å². The van der Waals surface area contributed by atoms with Crippen LogP contribution in [0.5, 0.6) is 5.75 Å². The lowest BCUT2D eigenvalue weighted by molar-refractivity contribution is 0.0914. The zero-order chi connectivity index (χ0) is 21.9. The van der Waals surface area contributed by atoms with E-state index in [0.29, 0.717) is 12.2 Å². The Hall–Kier alpha value is -4.45. The van der Waals surface area contributed by atoms with Crippen molar-refractivity contribution in [3.8, 4) is 28.1 Å². The average molecular weight is 421 g/mol. The van der Waals surface area contributed by atoms with E-state index in [0.717, 1.165) is 33.0 Å². The topological polar surface area (TPSA) is 88.2 Å².